The number of hydrogen-bond donors (Lipinski definition) is 0. The first-order chi connectivity index (χ1) is 13.2. The van der Waals surface area contributed by atoms with Gasteiger partial charge in [-0.25, -0.2) is 4.68 Å². The molecule has 7 nitrogen and oxygen atoms in total. The van der Waals surface area contributed by atoms with Crippen molar-refractivity contribution in [2.45, 2.75) is 17.8 Å². The third-order valence-electron chi connectivity index (χ3n) is 4.08. The maximum absolute atomic E-state index is 5.46. The molecule has 0 radical (unpaired) electrons. The van der Waals surface area contributed by atoms with Gasteiger partial charge in [-0.1, -0.05) is 30.0 Å². The molecule has 0 aliphatic rings. The molecule has 0 fully saturated rings. The van der Waals surface area contributed by atoms with Gasteiger partial charge in [-0.2, -0.15) is 9.78 Å². The lowest BCUT2D eigenvalue weighted by Gasteiger charge is -2.10. The van der Waals surface area contributed by atoms with E-state index in [0.717, 1.165) is 33.6 Å². The van der Waals surface area contributed by atoms with Crippen molar-refractivity contribution < 1.29 is 4.74 Å². The summed E-state index contributed by atoms with van der Waals surface area (Å²) in [6.45, 7) is 2.03. The van der Waals surface area contributed by atoms with E-state index in [1.807, 2.05) is 42.1 Å². The molecule has 0 bridgehead atoms. The molecule has 2 aromatic heterocycles. The minimum absolute atomic E-state index is 0.718. The zero-order valence-corrected chi connectivity index (χ0v) is 15.8. The largest absolute Gasteiger partial charge is 0.494 e. The quantitative estimate of drug-likeness (QED) is 0.479. The number of hydrogen-bond acceptors (Lipinski definition) is 6. The summed E-state index contributed by atoms with van der Waals surface area (Å²) in [6.07, 6.45) is 3.69. The Morgan fingerprint density at radius 3 is 2.70 bits per heavy atom. The summed E-state index contributed by atoms with van der Waals surface area (Å²) in [5, 5.41) is 17.1. The second kappa shape index (κ2) is 7.63. The highest BCUT2D eigenvalue weighted by atomic mass is 32.2. The van der Waals surface area contributed by atoms with E-state index in [4.69, 9.17) is 4.74 Å². The van der Waals surface area contributed by atoms with Gasteiger partial charge in [-0.05, 0) is 58.8 Å². The van der Waals surface area contributed by atoms with Gasteiger partial charge in [-0.3, -0.25) is 0 Å². The first kappa shape index (κ1) is 17.3. The van der Waals surface area contributed by atoms with E-state index in [9.17, 15) is 0 Å². The van der Waals surface area contributed by atoms with Gasteiger partial charge >= 0.3 is 0 Å². The first-order valence-corrected chi connectivity index (χ1v) is 9.38. The molecule has 4 aromatic rings. The van der Waals surface area contributed by atoms with Crippen LogP contribution < -0.4 is 4.74 Å². The summed E-state index contributed by atoms with van der Waals surface area (Å²) in [6, 6.07) is 16.1. The maximum atomic E-state index is 5.46. The summed E-state index contributed by atoms with van der Waals surface area (Å²) < 4.78 is 9.01. The van der Waals surface area contributed by atoms with Crippen LogP contribution in [0, 0.1) is 6.92 Å². The molecule has 8 heteroatoms. The van der Waals surface area contributed by atoms with Gasteiger partial charge < -0.3 is 4.74 Å². The number of aromatic nitrogens is 6. The van der Waals surface area contributed by atoms with Crippen molar-refractivity contribution in [3.8, 4) is 17.1 Å². The van der Waals surface area contributed by atoms with Crippen LogP contribution in [0.15, 0.2) is 66.1 Å². The summed E-state index contributed by atoms with van der Waals surface area (Å²) in [5.74, 6) is 1.49. The van der Waals surface area contributed by atoms with E-state index in [1.165, 1.54) is 5.56 Å². The van der Waals surface area contributed by atoms with E-state index in [2.05, 4.69) is 44.9 Å². The van der Waals surface area contributed by atoms with Crippen molar-refractivity contribution in [1.82, 2.24) is 30.0 Å². The van der Waals surface area contributed by atoms with Crippen LogP contribution in [0.1, 0.15) is 11.1 Å². The lowest BCUT2D eigenvalue weighted by atomic mass is 10.2. The van der Waals surface area contributed by atoms with E-state index < -0.39 is 0 Å². The second-order valence-corrected chi connectivity index (χ2v) is 6.90. The van der Waals surface area contributed by atoms with Gasteiger partial charge in [0.2, 0.25) is 5.16 Å². The summed E-state index contributed by atoms with van der Waals surface area (Å²) >= 11 is 1.58. The Kier molecular flexibility index (Phi) is 4.88. The molecular formula is C19H18N6OS. The Morgan fingerprint density at radius 1 is 1.11 bits per heavy atom. The number of tetrazole rings is 1. The van der Waals surface area contributed by atoms with Crippen LogP contribution in [0.3, 0.4) is 0 Å². The maximum Gasteiger partial charge on any atom is 0.214 e. The van der Waals surface area contributed by atoms with Crippen LogP contribution in [0.5, 0.6) is 5.75 Å². The number of nitrogens with zero attached hydrogens (tertiary/aromatic N) is 6. The third-order valence-corrected chi connectivity index (χ3v) is 5.07. The molecule has 0 saturated heterocycles. The van der Waals surface area contributed by atoms with Crippen LogP contribution in [-0.4, -0.2) is 37.1 Å². The van der Waals surface area contributed by atoms with Gasteiger partial charge in [0.05, 0.1) is 12.8 Å². The minimum atomic E-state index is 0.718. The predicted molar refractivity (Wildman–Crippen MR) is 104 cm³/mol. The summed E-state index contributed by atoms with van der Waals surface area (Å²) in [7, 11) is 1.65. The highest BCUT2D eigenvalue weighted by Crippen LogP contribution is 2.28. The molecule has 0 spiro atoms. The van der Waals surface area contributed by atoms with Crippen molar-refractivity contribution in [1.29, 1.82) is 0 Å². The molecule has 136 valence electrons. The first-order valence-electron chi connectivity index (χ1n) is 8.40. The van der Waals surface area contributed by atoms with E-state index >= 15 is 0 Å². The fourth-order valence-electron chi connectivity index (χ4n) is 2.70. The lowest BCUT2D eigenvalue weighted by molar-refractivity contribution is 0.410. The summed E-state index contributed by atoms with van der Waals surface area (Å²) in [5.41, 5.74) is 4.16. The number of methoxy groups -OCH3 is 1. The Balaban J connectivity index is 1.52. The standard InChI is InChI=1S/C19H18N6OS/c1-14-4-9-18(26-2)17(12-14)25-19(21-22-23-25)27-13-15-5-7-16(8-6-15)24-11-3-10-20-24/h3-12H,13H2,1-2H3. The normalized spacial score (nSPS) is 10.9. The van der Waals surface area contributed by atoms with Gasteiger partial charge in [0.25, 0.3) is 0 Å². The van der Waals surface area contributed by atoms with Crippen molar-refractivity contribution in [2.24, 2.45) is 0 Å². The number of aryl methyl sites for hydroxylation is 1. The average molecular weight is 378 g/mol. The van der Waals surface area contributed by atoms with Crippen LogP contribution in [0.25, 0.3) is 11.4 Å². The van der Waals surface area contributed by atoms with Gasteiger partial charge in [0.15, 0.2) is 0 Å². The Hall–Kier alpha value is -3.13. The van der Waals surface area contributed by atoms with Gasteiger partial charge in [0.1, 0.15) is 11.4 Å². The van der Waals surface area contributed by atoms with Crippen molar-refractivity contribution >= 4 is 11.8 Å². The molecule has 0 amide bonds. The molecule has 0 unspecified atom stereocenters. The SMILES string of the molecule is COc1ccc(C)cc1-n1nnnc1SCc1ccc(-n2cccn2)cc1. The molecular weight excluding hydrogens is 360 g/mol. The molecule has 0 N–H and O–H groups in total. The molecule has 2 aromatic carbocycles. The molecule has 0 aliphatic heterocycles. The molecule has 0 saturated carbocycles. The van der Waals surface area contributed by atoms with E-state index in [-0.39, 0.29) is 0 Å². The average Bonchev–Trinajstić information content (AvgIpc) is 3.39. The molecule has 4 rings (SSSR count). The highest BCUT2D eigenvalue weighted by molar-refractivity contribution is 7.98. The zero-order chi connectivity index (χ0) is 18.6. The monoisotopic (exact) mass is 378 g/mol. The fourth-order valence-corrected chi connectivity index (χ4v) is 3.54. The van der Waals surface area contributed by atoms with Crippen LogP contribution in [-0.2, 0) is 5.75 Å². The molecule has 0 atom stereocenters. The van der Waals surface area contributed by atoms with E-state index in [0.29, 0.717) is 0 Å². The van der Waals surface area contributed by atoms with Crippen LogP contribution in [0.2, 0.25) is 0 Å². The van der Waals surface area contributed by atoms with Gasteiger partial charge in [-0.15, -0.1) is 5.10 Å². The topological polar surface area (TPSA) is 70.7 Å². The minimum Gasteiger partial charge on any atom is -0.494 e. The number of ether oxygens (including phenoxy) is 1. The smallest absolute Gasteiger partial charge is 0.214 e. The van der Waals surface area contributed by atoms with Crippen LogP contribution >= 0.6 is 11.8 Å². The fraction of sp³-hybridized carbons (Fsp3) is 0.158. The van der Waals surface area contributed by atoms with Gasteiger partial charge in [0, 0.05) is 18.1 Å². The number of rotatable bonds is 6. The van der Waals surface area contributed by atoms with E-state index in [1.54, 1.807) is 29.8 Å². The predicted octanol–water partition coefficient (Wildman–Crippen LogP) is 3.46. The summed E-state index contributed by atoms with van der Waals surface area (Å²) in [4.78, 5) is 0. The third kappa shape index (κ3) is 3.70. The van der Waals surface area contributed by atoms with Crippen LogP contribution in [0.4, 0.5) is 0 Å². The molecule has 2 heterocycles. The van der Waals surface area contributed by atoms with Crippen molar-refractivity contribution in [2.75, 3.05) is 7.11 Å². The highest BCUT2D eigenvalue weighted by Gasteiger charge is 2.14. The zero-order valence-electron chi connectivity index (χ0n) is 15.0. The lowest BCUT2D eigenvalue weighted by Crippen LogP contribution is -2.02. The Morgan fingerprint density at radius 2 is 1.96 bits per heavy atom. The van der Waals surface area contributed by atoms with Crippen molar-refractivity contribution in [3.05, 3.63) is 72.1 Å². The molecule has 0 aliphatic carbocycles. The Labute approximate surface area is 161 Å². The number of benzene rings is 2. The number of thioether (sulfide) groups is 1. The second-order valence-electron chi connectivity index (χ2n) is 5.95. The molecule has 27 heavy (non-hydrogen) atoms. The Bertz CT molecular complexity index is 1030. The van der Waals surface area contributed by atoms with Crippen molar-refractivity contribution in [3.63, 3.8) is 0 Å².